The average molecular weight is 278 g/mol. The molecular formula is C12H12ClN5O. The van der Waals surface area contributed by atoms with Crippen molar-refractivity contribution in [3.63, 3.8) is 0 Å². The summed E-state index contributed by atoms with van der Waals surface area (Å²) in [6.45, 7) is 2.46. The van der Waals surface area contributed by atoms with Crippen molar-refractivity contribution in [1.29, 1.82) is 0 Å². The molecule has 3 aromatic heterocycles. The zero-order valence-corrected chi connectivity index (χ0v) is 11.1. The Morgan fingerprint density at radius 2 is 2.26 bits per heavy atom. The van der Waals surface area contributed by atoms with E-state index in [0.29, 0.717) is 30.6 Å². The zero-order valence-electron chi connectivity index (χ0n) is 10.4. The van der Waals surface area contributed by atoms with Gasteiger partial charge in [0.2, 0.25) is 5.89 Å². The monoisotopic (exact) mass is 277 g/mol. The standard InChI is InChI=1S/C12H12ClN5O/c1-8-15-11(19-17-8)4-6-18-10(7-13)16-9-3-2-5-14-12(9)18/h2-3,5H,4,6-7H2,1H3. The number of hydrogen-bond acceptors (Lipinski definition) is 5. The topological polar surface area (TPSA) is 69.6 Å². The first kappa shape index (κ1) is 12.1. The van der Waals surface area contributed by atoms with Gasteiger partial charge in [0.25, 0.3) is 0 Å². The molecule has 0 amide bonds. The van der Waals surface area contributed by atoms with Gasteiger partial charge in [0.1, 0.15) is 11.3 Å². The Morgan fingerprint density at radius 3 is 3.00 bits per heavy atom. The zero-order chi connectivity index (χ0) is 13.2. The summed E-state index contributed by atoms with van der Waals surface area (Å²) in [7, 11) is 0. The van der Waals surface area contributed by atoms with Crippen molar-refractivity contribution in [2.75, 3.05) is 0 Å². The van der Waals surface area contributed by atoms with Gasteiger partial charge in [0.05, 0.1) is 5.88 Å². The van der Waals surface area contributed by atoms with Gasteiger partial charge in [-0.25, -0.2) is 9.97 Å². The fraction of sp³-hybridized carbons (Fsp3) is 0.333. The largest absolute Gasteiger partial charge is 0.339 e. The Labute approximate surface area is 114 Å². The molecule has 19 heavy (non-hydrogen) atoms. The summed E-state index contributed by atoms with van der Waals surface area (Å²) in [5.41, 5.74) is 1.68. The summed E-state index contributed by atoms with van der Waals surface area (Å²) in [4.78, 5) is 13.0. The van der Waals surface area contributed by atoms with Crippen LogP contribution in [-0.4, -0.2) is 24.7 Å². The molecule has 0 atom stereocenters. The number of halogens is 1. The number of rotatable bonds is 4. The lowest BCUT2D eigenvalue weighted by Crippen LogP contribution is -2.06. The average Bonchev–Trinajstić information content (AvgIpc) is 2.99. The third kappa shape index (κ3) is 2.31. The molecule has 0 fully saturated rings. The van der Waals surface area contributed by atoms with E-state index in [1.54, 1.807) is 13.1 Å². The lowest BCUT2D eigenvalue weighted by atomic mass is 10.4. The van der Waals surface area contributed by atoms with Gasteiger partial charge in [0.15, 0.2) is 11.5 Å². The van der Waals surface area contributed by atoms with Crippen LogP contribution in [0.25, 0.3) is 11.2 Å². The molecule has 3 heterocycles. The fourth-order valence-electron chi connectivity index (χ4n) is 1.99. The third-order valence-corrected chi connectivity index (χ3v) is 3.06. The minimum absolute atomic E-state index is 0.346. The summed E-state index contributed by atoms with van der Waals surface area (Å²) >= 11 is 5.93. The van der Waals surface area contributed by atoms with Crippen LogP contribution in [0.2, 0.25) is 0 Å². The first-order chi connectivity index (χ1) is 9.28. The lowest BCUT2D eigenvalue weighted by Gasteiger charge is -2.04. The van der Waals surface area contributed by atoms with E-state index in [-0.39, 0.29) is 0 Å². The van der Waals surface area contributed by atoms with Crippen LogP contribution in [-0.2, 0) is 18.8 Å². The summed E-state index contributed by atoms with van der Waals surface area (Å²) in [5.74, 6) is 2.39. The van der Waals surface area contributed by atoms with Crippen LogP contribution in [0.15, 0.2) is 22.9 Å². The first-order valence-electron chi connectivity index (χ1n) is 5.93. The predicted molar refractivity (Wildman–Crippen MR) is 69.8 cm³/mol. The summed E-state index contributed by atoms with van der Waals surface area (Å²) in [5, 5.41) is 3.77. The van der Waals surface area contributed by atoms with Gasteiger partial charge >= 0.3 is 0 Å². The molecule has 6 nitrogen and oxygen atoms in total. The highest BCUT2D eigenvalue weighted by molar-refractivity contribution is 6.16. The van der Waals surface area contributed by atoms with Gasteiger partial charge in [-0.3, -0.25) is 0 Å². The maximum absolute atomic E-state index is 5.93. The second-order valence-electron chi connectivity index (χ2n) is 4.14. The van der Waals surface area contributed by atoms with E-state index in [0.717, 1.165) is 17.0 Å². The molecule has 0 saturated carbocycles. The molecule has 3 aromatic rings. The lowest BCUT2D eigenvalue weighted by molar-refractivity contribution is 0.368. The van der Waals surface area contributed by atoms with E-state index in [4.69, 9.17) is 16.1 Å². The highest BCUT2D eigenvalue weighted by atomic mass is 35.5. The van der Waals surface area contributed by atoms with E-state index in [1.807, 2.05) is 16.7 Å². The minimum atomic E-state index is 0.346. The Morgan fingerprint density at radius 1 is 1.37 bits per heavy atom. The first-order valence-corrected chi connectivity index (χ1v) is 6.46. The number of nitrogens with zero attached hydrogens (tertiary/aromatic N) is 5. The maximum Gasteiger partial charge on any atom is 0.228 e. The van der Waals surface area contributed by atoms with Crippen molar-refractivity contribution in [3.05, 3.63) is 35.9 Å². The van der Waals surface area contributed by atoms with Gasteiger partial charge in [-0.05, 0) is 19.1 Å². The Hall–Kier alpha value is -1.95. The Kier molecular flexibility index (Phi) is 3.16. The van der Waals surface area contributed by atoms with Crippen LogP contribution < -0.4 is 0 Å². The second kappa shape index (κ2) is 4.97. The van der Waals surface area contributed by atoms with Gasteiger partial charge in [-0.1, -0.05) is 5.16 Å². The van der Waals surface area contributed by atoms with E-state index in [1.165, 1.54) is 0 Å². The van der Waals surface area contributed by atoms with Crippen molar-refractivity contribution in [2.24, 2.45) is 0 Å². The molecule has 3 rings (SSSR count). The Balaban J connectivity index is 1.90. The van der Waals surface area contributed by atoms with E-state index in [2.05, 4.69) is 20.1 Å². The summed E-state index contributed by atoms with van der Waals surface area (Å²) in [6.07, 6.45) is 2.38. The summed E-state index contributed by atoms with van der Waals surface area (Å²) < 4.78 is 7.09. The molecule has 0 saturated heterocycles. The van der Waals surface area contributed by atoms with Crippen molar-refractivity contribution in [3.8, 4) is 0 Å². The molecule has 0 aromatic carbocycles. The summed E-state index contributed by atoms with van der Waals surface area (Å²) in [6, 6.07) is 3.78. The van der Waals surface area contributed by atoms with Crippen LogP contribution in [0.4, 0.5) is 0 Å². The van der Waals surface area contributed by atoms with Gasteiger partial charge in [-0.15, -0.1) is 11.6 Å². The second-order valence-corrected chi connectivity index (χ2v) is 4.41. The molecule has 0 spiro atoms. The third-order valence-electron chi connectivity index (χ3n) is 2.82. The molecule has 0 N–H and O–H groups in total. The van der Waals surface area contributed by atoms with Crippen LogP contribution in [0.1, 0.15) is 17.5 Å². The van der Waals surface area contributed by atoms with Crippen LogP contribution in [0, 0.1) is 6.92 Å². The van der Waals surface area contributed by atoms with Crippen molar-refractivity contribution in [1.82, 2.24) is 24.7 Å². The van der Waals surface area contributed by atoms with E-state index in [9.17, 15) is 0 Å². The van der Waals surface area contributed by atoms with Crippen LogP contribution >= 0.6 is 11.6 Å². The number of aryl methyl sites for hydroxylation is 3. The molecule has 0 bridgehead atoms. The van der Waals surface area contributed by atoms with Crippen molar-refractivity contribution >= 4 is 22.8 Å². The highest BCUT2D eigenvalue weighted by Gasteiger charge is 2.12. The number of alkyl halides is 1. The number of fused-ring (bicyclic) bond motifs is 1. The van der Waals surface area contributed by atoms with Gasteiger partial charge in [-0.2, -0.15) is 4.98 Å². The maximum atomic E-state index is 5.93. The molecular weight excluding hydrogens is 266 g/mol. The van der Waals surface area contributed by atoms with Crippen LogP contribution in [0.3, 0.4) is 0 Å². The highest BCUT2D eigenvalue weighted by Crippen LogP contribution is 2.15. The van der Waals surface area contributed by atoms with Crippen LogP contribution in [0.5, 0.6) is 0 Å². The van der Waals surface area contributed by atoms with E-state index < -0.39 is 0 Å². The molecule has 0 radical (unpaired) electrons. The minimum Gasteiger partial charge on any atom is -0.339 e. The predicted octanol–water partition coefficient (Wildman–Crippen LogP) is 2.10. The molecule has 0 aliphatic rings. The smallest absolute Gasteiger partial charge is 0.228 e. The number of aromatic nitrogens is 5. The molecule has 98 valence electrons. The Bertz CT molecular complexity index is 705. The number of hydrogen-bond donors (Lipinski definition) is 0. The van der Waals surface area contributed by atoms with E-state index >= 15 is 0 Å². The quantitative estimate of drug-likeness (QED) is 0.683. The van der Waals surface area contributed by atoms with Crippen molar-refractivity contribution in [2.45, 2.75) is 25.8 Å². The fourth-order valence-corrected chi connectivity index (χ4v) is 2.20. The molecule has 0 aliphatic heterocycles. The molecule has 7 heteroatoms. The number of imidazole rings is 1. The number of pyridine rings is 1. The SMILES string of the molecule is Cc1noc(CCn2c(CCl)nc3cccnc32)n1. The normalized spacial score (nSPS) is 11.3. The molecule has 0 unspecified atom stereocenters. The van der Waals surface area contributed by atoms with Gasteiger partial charge < -0.3 is 9.09 Å². The molecule has 0 aliphatic carbocycles. The van der Waals surface area contributed by atoms with Crippen molar-refractivity contribution < 1.29 is 4.52 Å². The van der Waals surface area contributed by atoms with Gasteiger partial charge in [0, 0.05) is 19.2 Å².